The lowest BCUT2D eigenvalue weighted by molar-refractivity contribution is -0.132. The van der Waals surface area contributed by atoms with Crippen LogP contribution in [0.1, 0.15) is 13.8 Å². The smallest absolute Gasteiger partial charge is 0.0922 e. The highest BCUT2D eigenvalue weighted by atomic mass is 16.5. The number of aliphatic hydroxyl groups excluding tert-OH is 1. The topological polar surface area (TPSA) is 52.9 Å². The molecule has 0 radical (unpaired) electrons. The van der Waals surface area contributed by atoms with Crippen LogP contribution in [0.3, 0.4) is 0 Å². The van der Waals surface area contributed by atoms with E-state index in [4.69, 9.17) is 9.84 Å². The van der Waals surface area contributed by atoms with Gasteiger partial charge in [0, 0.05) is 19.6 Å². The first-order valence-electron chi connectivity index (χ1n) is 5.22. The summed E-state index contributed by atoms with van der Waals surface area (Å²) in [6.07, 6.45) is 0. The van der Waals surface area contributed by atoms with Crippen molar-refractivity contribution in [3.63, 3.8) is 0 Å². The lowest BCUT2D eigenvalue weighted by Crippen LogP contribution is -2.64. The molecule has 1 aliphatic rings. The molecular weight excluding hydrogens is 182 g/mol. The number of nitrogens with zero attached hydrogens (tertiary/aromatic N) is 1. The molecule has 0 aromatic heterocycles. The summed E-state index contributed by atoms with van der Waals surface area (Å²) in [4.78, 5) is 2.16. The number of ether oxygens (including phenoxy) is 1. The summed E-state index contributed by atoms with van der Waals surface area (Å²) in [5, 5.41) is 18.4. The third-order valence-electron chi connectivity index (χ3n) is 2.86. The van der Waals surface area contributed by atoms with Crippen LogP contribution in [-0.2, 0) is 4.74 Å². The quantitative estimate of drug-likeness (QED) is 0.582. The molecule has 4 heteroatoms. The van der Waals surface area contributed by atoms with Gasteiger partial charge in [-0.15, -0.1) is 0 Å². The number of aliphatic hydroxyl groups is 2. The van der Waals surface area contributed by atoms with E-state index < -0.39 is 5.60 Å². The fraction of sp³-hybridized carbons (Fsp3) is 1.00. The molecule has 0 aliphatic carbocycles. The molecule has 1 aliphatic heterocycles. The Labute approximate surface area is 85.5 Å². The Morgan fingerprint density at radius 2 is 2.00 bits per heavy atom. The minimum absolute atomic E-state index is 0.0793. The van der Waals surface area contributed by atoms with Crippen LogP contribution in [0, 0.1) is 5.92 Å². The van der Waals surface area contributed by atoms with Crippen molar-refractivity contribution in [1.82, 2.24) is 4.90 Å². The molecule has 0 aromatic rings. The number of hydrogen-bond acceptors (Lipinski definition) is 4. The van der Waals surface area contributed by atoms with Gasteiger partial charge in [-0.25, -0.2) is 0 Å². The van der Waals surface area contributed by atoms with Crippen LogP contribution in [0.25, 0.3) is 0 Å². The van der Waals surface area contributed by atoms with Crippen LogP contribution in [0.15, 0.2) is 0 Å². The van der Waals surface area contributed by atoms with Gasteiger partial charge in [-0.05, 0) is 5.92 Å². The van der Waals surface area contributed by atoms with Crippen molar-refractivity contribution in [2.75, 3.05) is 39.5 Å². The van der Waals surface area contributed by atoms with Crippen molar-refractivity contribution in [1.29, 1.82) is 0 Å². The molecule has 1 fully saturated rings. The molecule has 0 amide bonds. The zero-order valence-corrected chi connectivity index (χ0v) is 9.07. The van der Waals surface area contributed by atoms with Gasteiger partial charge < -0.3 is 14.9 Å². The fourth-order valence-electron chi connectivity index (χ4n) is 1.61. The highest BCUT2D eigenvalue weighted by molar-refractivity contribution is 4.97. The normalized spacial score (nSPS) is 21.2. The van der Waals surface area contributed by atoms with Crippen molar-refractivity contribution in [2.24, 2.45) is 5.92 Å². The van der Waals surface area contributed by atoms with Crippen LogP contribution in [-0.4, -0.2) is 60.2 Å². The standard InChI is InChI=1S/C10H21NO3/c1-9(2)10(13)7-11(8-10)3-5-14-6-4-12/h9,12-13H,3-8H2,1-2H3. The SMILES string of the molecule is CC(C)C1(O)CN(CCOCCO)C1. The maximum Gasteiger partial charge on any atom is 0.0922 e. The monoisotopic (exact) mass is 203 g/mol. The molecule has 1 saturated heterocycles. The molecule has 0 atom stereocenters. The third kappa shape index (κ3) is 2.92. The van der Waals surface area contributed by atoms with Gasteiger partial charge in [0.25, 0.3) is 0 Å². The van der Waals surface area contributed by atoms with Crippen LogP contribution >= 0.6 is 0 Å². The van der Waals surface area contributed by atoms with Crippen LogP contribution < -0.4 is 0 Å². The molecule has 1 heterocycles. The van der Waals surface area contributed by atoms with E-state index in [9.17, 15) is 5.11 Å². The second kappa shape index (κ2) is 5.07. The first kappa shape index (κ1) is 11.9. The zero-order chi connectivity index (χ0) is 10.6. The molecule has 0 unspecified atom stereocenters. The van der Waals surface area contributed by atoms with Gasteiger partial charge in [-0.2, -0.15) is 0 Å². The third-order valence-corrected chi connectivity index (χ3v) is 2.86. The molecule has 1 rings (SSSR count). The van der Waals surface area contributed by atoms with Crippen LogP contribution in [0.2, 0.25) is 0 Å². The lowest BCUT2D eigenvalue weighted by atomic mass is 9.83. The Hall–Kier alpha value is -0.160. The number of likely N-dealkylation sites (tertiary alicyclic amines) is 1. The summed E-state index contributed by atoms with van der Waals surface area (Å²) in [7, 11) is 0. The zero-order valence-electron chi connectivity index (χ0n) is 9.07. The van der Waals surface area contributed by atoms with E-state index in [-0.39, 0.29) is 6.61 Å². The van der Waals surface area contributed by atoms with Crippen molar-refractivity contribution in [2.45, 2.75) is 19.4 Å². The van der Waals surface area contributed by atoms with E-state index in [1.54, 1.807) is 0 Å². The van der Waals surface area contributed by atoms with E-state index in [1.807, 2.05) is 13.8 Å². The van der Waals surface area contributed by atoms with E-state index in [0.29, 0.717) is 19.1 Å². The van der Waals surface area contributed by atoms with E-state index in [0.717, 1.165) is 19.6 Å². The fourth-order valence-corrected chi connectivity index (χ4v) is 1.61. The van der Waals surface area contributed by atoms with E-state index >= 15 is 0 Å². The van der Waals surface area contributed by atoms with Crippen LogP contribution in [0.4, 0.5) is 0 Å². The summed E-state index contributed by atoms with van der Waals surface area (Å²) in [6, 6.07) is 0. The van der Waals surface area contributed by atoms with Crippen molar-refractivity contribution in [3.8, 4) is 0 Å². The summed E-state index contributed by atoms with van der Waals surface area (Å²) in [5.41, 5.74) is -0.489. The van der Waals surface area contributed by atoms with E-state index in [1.165, 1.54) is 0 Å². The van der Waals surface area contributed by atoms with Gasteiger partial charge in [0.05, 0.1) is 25.4 Å². The summed E-state index contributed by atoms with van der Waals surface area (Å²) in [6.45, 7) is 7.53. The van der Waals surface area contributed by atoms with E-state index in [2.05, 4.69) is 4.90 Å². The second-order valence-electron chi connectivity index (χ2n) is 4.30. The number of rotatable bonds is 6. The highest BCUT2D eigenvalue weighted by Crippen LogP contribution is 2.27. The summed E-state index contributed by atoms with van der Waals surface area (Å²) < 4.78 is 5.14. The van der Waals surface area contributed by atoms with Gasteiger partial charge in [-0.3, -0.25) is 4.90 Å². The Morgan fingerprint density at radius 1 is 1.36 bits per heavy atom. The van der Waals surface area contributed by atoms with Crippen molar-refractivity contribution < 1.29 is 14.9 Å². The predicted molar refractivity (Wildman–Crippen MR) is 54.1 cm³/mol. The van der Waals surface area contributed by atoms with Gasteiger partial charge in [0.2, 0.25) is 0 Å². The first-order valence-corrected chi connectivity index (χ1v) is 5.22. The summed E-state index contributed by atoms with van der Waals surface area (Å²) in [5.74, 6) is 0.317. The first-order chi connectivity index (χ1) is 6.58. The molecule has 2 N–H and O–H groups in total. The Bertz CT molecular complexity index is 167. The van der Waals surface area contributed by atoms with Crippen LogP contribution in [0.5, 0.6) is 0 Å². The molecule has 84 valence electrons. The maximum absolute atomic E-state index is 9.94. The van der Waals surface area contributed by atoms with Crippen molar-refractivity contribution in [3.05, 3.63) is 0 Å². The molecule has 14 heavy (non-hydrogen) atoms. The minimum Gasteiger partial charge on any atom is -0.394 e. The average Bonchev–Trinajstić information content (AvgIpc) is 2.08. The molecule has 0 bridgehead atoms. The Morgan fingerprint density at radius 3 is 2.50 bits per heavy atom. The lowest BCUT2D eigenvalue weighted by Gasteiger charge is -2.49. The second-order valence-corrected chi connectivity index (χ2v) is 4.30. The minimum atomic E-state index is -0.489. The molecule has 0 aromatic carbocycles. The average molecular weight is 203 g/mol. The molecule has 0 saturated carbocycles. The van der Waals surface area contributed by atoms with Crippen molar-refractivity contribution >= 4 is 0 Å². The van der Waals surface area contributed by atoms with Gasteiger partial charge in [0.1, 0.15) is 0 Å². The predicted octanol–water partition coefficient (Wildman–Crippen LogP) is -0.302. The molecular formula is C10H21NO3. The molecule has 0 spiro atoms. The Balaban J connectivity index is 2.04. The van der Waals surface area contributed by atoms with Gasteiger partial charge >= 0.3 is 0 Å². The summed E-state index contributed by atoms with van der Waals surface area (Å²) >= 11 is 0. The maximum atomic E-state index is 9.94. The Kier molecular flexibility index (Phi) is 4.31. The largest absolute Gasteiger partial charge is 0.394 e. The molecule has 4 nitrogen and oxygen atoms in total. The van der Waals surface area contributed by atoms with Gasteiger partial charge in [-0.1, -0.05) is 13.8 Å². The highest BCUT2D eigenvalue weighted by Gasteiger charge is 2.42. The number of hydrogen-bond donors (Lipinski definition) is 2. The number of β-amino-alcohol motifs (C(OH)–C–C–N with tert-alkyl or cyclic N) is 1. The van der Waals surface area contributed by atoms with Gasteiger partial charge in [0.15, 0.2) is 0 Å².